The van der Waals surface area contributed by atoms with Crippen molar-refractivity contribution in [1.82, 2.24) is 0 Å². The molecule has 2 aromatic rings. The summed E-state index contributed by atoms with van der Waals surface area (Å²) in [6.45, 7) is 0. The van der Waals surface area contributed by atoms with Crippen LogP contribution in [0.15, 0.2) is 28.7 Å². The van der Waals surface area contributed by atoms with Crippen molar-refractivity contribution in [3.8, 4) is 0 Å². The average molecular weight is 233 g/mol. The minimum absolute atomic E-state index is 0.436. The predicted molar refractivity (Wildman–Crippen MR) is 64.8 cm³/mol. The van der Waals surface area contributed by atoms with Crippen LogP contribution in [-0.2, 0) is 0 Å². The number of hydrogen-bond acceptors (Lipinski definition) is 3. The molecule has 0 spiro atoms. The Morgan fingerprint density at radius 2 is 2.25 bits per heavy atom. The number of furan rings is 1. The maximum atomic E-state index is 11.2. The van der Waals surface area contributed by atoms with Gasteiger partial charge >= 0.3 is 0 Å². The molecular weight excluding hydrogens is 222 g/mol. The molecule has 0 saturated carbocycles. The molecule has 0 atom stereocenters. The van der Waals surface area contributed by atoms with Crippen molar-refractivity contribution in [3.05, 3.63) is 35.6 Å². The summed E-state index contributed by atoms with van der Waals surface area (Å²) in [7, 11) is 0. The van der Waals surface area contributed by atoms with Crippen LogP contribution in [0.25, 0.3) is 11.0 Å². The molecule has 1 aliphatic heterocycles. The average Bonchev–Trinajstić information content (AvgIpc) is 2.56. The van der Waals surface area contributed by atoms with E-state index in [2.05, 4.69) is 0 Å². The van der Waals surface area contributed by atoms with Crippen LogP contribution in [0, 0.1) is 0 Å². The summed E-state index contributed by atoms with van der Waals surface area (Å²) in [5.41, 5.74) is 6.40. The standard InChI is InChI=1S/C12H11NO2S/c13-12(14)9-3-1-2-7-4-10(15-11(7)9)8-5-16-6-8/h1-4,8H,5-6H2,(H2,13,14). The van der Waals surface area contributed by atoms with Crippen LogP contribution in [0.5, 0.6) is 0 Å². The Balaban J connectivity index is 2.15. The zero-order chi connectivity index (χ0) is 11.1. The number of hydrogen-bond donors (Lipinski definition) is 1. The first-order chi connectivity index (χ1) is 7.75. The van der Waals surface area contributed by atoms with E-state index in [1.807, 2.05) is 30.0 Å². The molecule has 16 heavy (non-hydrogen) atoms. The summed E-state index contributed by atoms with van der Waals surface area (Å²) in [5.74, 6) is 3.24. The number of fused-ring (bicyclic) bond motifs is 1. The summed E-state index contributed by atoms with van der Waals surface area (Å²) in [5, 5.41) is 0.961. The quantitative estimate of drug-likeness (QED) is 0.866. The van der Waals surface area contributed by atoms with Crippen molar-refractivity contribution in [1.29, 1.82) is 0 Å². The Morgan fingerprint density at radius 1 is 1.44 bits per heavy atom. The van der Waals surface area contributed by atoms with Crippen LogP contribution in [0.3, 0.4) is 0 Å². The van der Waals surface area contributed by atoms with E-state index >= 15 is 0 Å². The first kappa shape index (κ1) is 9.78. The molecule has 0 aliphatic carbocycles. The monoisotopic (exact) mass is 233 g/mol. The van der Waals surface area contributed by atoms with Crippen molar-refractivity contribution in [3.63, 3.8) is 0 Å². The first-order valence-corrected chi connectivity index (χ1v) is 6.31. The number of nitrogens with two attached hydrogens (primary N) is 1. The Morgan fingerprint density at radius 3 is 2.88 bits per heavy atom. The van der Waals surface area contributed by atoms with Crippen LogP contribution in [0.4, 0.5) is 0 Å². The number of amides is 1. The number of primary amides is 1. The molecule has 2 N–H and O–H groups in total. The molecule has 1 aliphatic rings. The lowest BCUT2D eigenvalue weighted by Crippen LogP contribution is -2.14. The minimum atomic E-state index is -0.436. The lowest BCUT2D eigenvalue weighted by molar-refractivity contribution is 0.100. The number of carbonyl (C=O) groups is 1. The second kappa shape index (κ2) is 3.56. The highest BCUT2D eigenvalue weighted by atomic mass is 32.2. The molecule has 2 heterocycles. The van der Waals surface area contributed by atoms with Gasteiger partial charge in [-0.15, -0.1) is 0 Å². The van der Waals surface area contributed by atoms with Crippen LogP contribution < -0.4 is 5.73 Å². The lowest BCUT2D eigenvalue weighted by atomic mass is 10.1. The Bertz CT molecular complexity index is 557. The minimum Gasteiger partial charge on any atom is -0.460 e. The molecule has 3 nitrogen and oxygen atoms in total. The van der Waals surface area contributed by atoms with Crippen molar-refractivity contribution >= 4 is 28.6 Å². The second-order valence-electron chi connectivity index (χ2n) is 3.97. The smallest absolute Gasteiger partial charge is 0.252 e. The van der Waals surface area contributed by atoms with Crippen LogP contribution in [0.1, 0.15) is 22.0 Å². The van der Waals surface area contributed by atoms with Crippen LogP contribution in [0.2, 0.25) is 0 Å². The number of para-hydroxylation sites is 1. The largest absolute Gasteiger partial charge is 0.460 e. The van der Waals surface area contributed by atoms with E-state index < -0.39 is 5.91 Å². The van der Waals surface area contributed by atoms with Gasteiger partial charge in [-0.25, -0.2) is 0 Å². The number of carbonyl (C=O) groups excluding carboxylic acids is 1. The third-order valence-corrected chi connectivity index (χ3v) is 4.15. The number of benzene rings is 1. The highest BCUT2D eigenvalue weighted by Crippen LogP contribution is 2.37. The van der Waals surface area contributed by atoms with Gasteiger partial charge in [-0.05, 0) is 12.1 Å². The zero-order valence-corrected chi connectivity index (χ0v) is 9.42. The fourth-order valence-electron chi connectivity index (χ4n) is 1.88. The van der Waals surface area contributed by atoms with E-state index in [4.69, 9.17) is 10.2 Å². The molecule has 0 radical (unpaired) electrons. The van der Waals surface area contributed by atoms with E-state index in [9.17, 15) is 4.79 Å². The van der Waals surface area contributed by atoms with Gasteiger partial charge in [0.05, 0.1) is 5.56 Å². The number of rotatable bonds is 2. The zero-order valence-electron chi connectivity index (χ0n) is 8.60. The van der Waals surface area contributed by atoms with Gasteiger partial charge in [0.25, 0.3) is 5.91 Å². The third kappa shape index (κ3) is 1.41. The van der Waals surface area contributed by atoms with Gasteiger partial charge in [-0.2, -0.15) is 11.8 Å². The highest BCUT2D eigenvalue weighted by Gasteiger charge is 2.24. The van der Waals surface area contributed by atoms with Crippen LogP contribution in [-0.4, -0.2) is 17.4 Å². The topological polar surface area (TPSA) is 56.2 Å². The SMILES string of the molecule is NC(=O)c1cccc2cc(C3CSC3)oc12. The molecule has 3 rings (SSSR count). The van der Waals surface area contributed by atoms with Crippen LogP contribution >= 0.6 is 11.8 Å². The van der Waals surface area contributed by atoms with Gasteiger partial charge in [0.15, 0.2) is 0 Å². The Labute approximate surface area is 97.0 Å². The summed E-state index contributed by atoms with van der Waals surface area (Å²) in [6.07, 6.45) is 0. The van der Waals surface area contributed by atoms with Gasteiger partial charge < -0.3 is 10.2 Å². The molecule has 1 aromatic carbocycles. The van der Waals surface area contributed by atoms with Crippen molar-refractivity contribution in [2.24, 2.45) is 5.73 Å². The predicted octanol–water partition coefficient (Wildman–Crippen LogP) is 2.36. The molecule has 82 valence electrons. The summed E-state index contributed by atoms with van der Waals surface area (Å²) >= 11 is 1.91. The van der Waals surface area contributed by atoms with E-state index in [0.717, 1.165) is 22.7 Å². The number of thioether (sulfide) groups is 1. The fraction of sp³-hybridized carbons (Fsp3) is 0.250. The van der Waals surface area contributed by atoms with Crippen molar-refractivity contribution in [2.75, 3.05) is 11.5 Å². The van der Waals surface area contributed by atoms with Gasteiger partial charge in [-0.1, -0.05) is 12.1 Å². The summed E-state index contributed by atoms with van der Waals surface area (Å²) in [6, 6.07) is 7.50. The van der Waals surface area contributed by atoms with Crippen molar-refractivity contribution < 1.29 is 9.21 Å². The van der Waals surface area contributed by atoms with Gasteiger partial charge in [0, 0.05) is 22.8 Å². The Kier molecular flexibility index (Phi) is 2.17. The molecule has 1 amide bonds. The summed E-state index contributed by atoms with van der Waals surface area (Å²) in [4.78, 5) is 11.2. The third-order valence-electron chi connectivity index (χ3n) is 2.87. The van der Waals surface area contributed by atoms with E-state index in [-0.39, 0.29) is 0 Å². The molecule has 1 aromatic heterocycles. The van der Waals surface area contributed by atoms with Gasteiger partial charge in [-0.3, -0.25) is 4.79 Å². The van der Waals surface area contributed by atoms with Gasteiger partial charge in [0.1, 0.15) is 11.3 Å². The normalized spacial score (nSPS) is 16.2. The van der Waals surface area contributed by atoms with Crippen molar-refractivity contribution in [2.45, 2.75) is 5.92 Å². The van der Waals surface area contributed by atoms with E-state index in [1.54, 1.807) is 6.07 Å². The van der Waals surface area contributed by atoms with Gasteiger partial charge in [0.2, 0.25) is 0 Å². The lowest BCUT2D eigenvalue weighted by Gasteiger charge is -2.22. The van der Waals surface area contributed by atoms with E-state index in [1.165, 1.54) is 0 Å². The summed E-state index contributed by atoms with van der Waals surface area (Å²) < 4.78 is 5.75. The molecule has 0 unspecified atom stereocenters. The maximum absolute atomic E-state index is 11.2. The highest BCUT2D eigenvalue weighted by molar-refractivity contribution is 8.00. The second-order valence-corrected chi connectivity index (χ2v) is 5.05. The maximum Gasteiger partial charge on any atom is 0.252 e. The molecule has 4 heteroatoms. The first-order valence-electron chi connectivity index (χ1n) is 5.15. The van der Waals surface area contributed by atoms with E-state index in [0.29, 0.717) is 17.1 Å². The Hall–Kier alpha value is -1.42. The molecule has 0 bridgehead atoms. The fourth-order valence-corrected chi connectivity index (χ4v) is 2.68. The molecule has 1 saturated heterocycles. The molecule has 1 fully saturated rings. The molecular formula is C12H11NO2S.